The van der Waals surface area contributed by atoms with Crippen LogP contribution in [-0.2, 0) is 13.0 Å². The number of benzene rings is 2. The Kier molecular flexibility index (Phi) is 11.7. The number of ether oxygens (including phenoxy) is 2. The Morgan fingerprint density at radius 3 is 1.84 bits per heavy atom. The van der Waals surface area contributed by atoms with Gasteiger partial charge in [0.25, 0.3) is 0 Å². The van der Waals surface area contributed by atoms with E-state index in [4.69, 9.17) is 29.3 Å². The van der Waals surface area contributed by atoms with Gasteiger partial charge >= 0.3 is 14.5 Å². The zero-order valence-electron chi connectivity index (χ0n) is 24.0. The van der Waals surface area contributed by atoms with Gasteiger partial charge in [0.15, 0.2) is 16.6 Å². The first-order valence-corrected chi connectivity index (χ1v) is 23.0. The van der Waals surface area contributed by atoms with Crippen molar-refractivity contribution < 1.29 is 22.5 Å². The lowest BCUT2D eigenvalue weighted by Gasteiger charge is -2.37. The lowest BCUT2D eigenvalue weighted by atomic mass is 10.0. The van der Waals surface area contributed by atoms with Gasteiger partial charge in [-0.3, -0.25) is 4.79 Å². The van der Waals surface area contributed by atoms with E-state index < -0.39 is 36.5 Å². The lowest BCUT2D eigenvalue weighted by molar-refractivity contribution is -0.134. The Morgan fingerprint density at radius 1 is 0.838 bits per heavy atom. The van der Waals surface area contributed by atoms with Crippen LogP contribution in [0.15, 0.2) is 48.5 Å². The number of carbonyl (C=O) groups excluding carboxylic acids is 1. The number of esters is 1. The molecule has 206 valence electrons. The van der Waals surface area contributed by atoms with Crippen molar-refractivity contribution in [2.75, 3.05) is 6.61 Å². The van der Waals surface area contributed by atoms with Crippen LogP contribution in [0.5, 0.6) is 11.5 Å². The van der Waals surface area contributed by atoms with Crippen LogP contribution in [0.2, 0.25) is 51.9 Å². The third-order valence-electron chi connectivity index (χ3n) is 5.90. The van der Waals surface area contributed by atoms with Crippen molar-refractivity contribution in [2.24, 2.45) is 5.92 Å². The average molecular weight is 581 g/mol. The molecule has 0 aliphatic heterocycles. The summed E-state index contributed by atoms with van der Waals surface area (Å²) in [7, 11) is -5.54. The Morgan fingerprint density at radius 2 is 1.35 bits per heavy atom. The fourth-order valence-electron chi connectivity index (χ4n) is 4.23. The molecule has 37 heavy (non-hydrogen) atoms. The number of rotatable bonds is 14. The second-order valence-corrected chi connectivity index (χ2v) is 24.8. The van der Waals surface area contributed by atoms with Crippen LogP contribution < -0.4 is 9.47 Å². The number of halogens is 1. The molecule has 2 aromatic rings. The zero-order chi connectivity index (χ0) is 27.9. The zero-order valence-corrected chi connectivity index (χ0v) is 27.8. The standard InChI is InChI=1S/C28H45ClO5Si3/c1-10-22(2)27(29)28(30)32-26-18-14-24(15-19-26)23-12-16-25(17-13-23)31-20-11-21-36(6,7)34-37(8,9)33-35(3,4)5/h12-19,22,27H,10-11,20-21H2,1-9H3. The van der Waals surface area contributed by atoms with Crippen LogP contribution in [0, 0.1) is 5.92 Å². The summed E-state index contributed by atoms with van der Waals surface area (Å²) in [5.74, 6) is 1.01. The molecule has 2 rings (SSSR count). The summed E-state index contributed by atoms with van der Waals surface area (Å²) in [6.45, 7) is 20.1. The van der Waals surface area contributed by atoms with E-state index in [1.807, 2.05) is 50.2 Å². The highest BCUT2D eigenvalue weighted by molar-refractivity contribution is 6.87. The van der Waals surface area contributed by atoms with Gasteiger partial charge in [0.05, 0.1) is 6.61 Å². The highest BCUT2D eigenvalue weighted by atomic mass is 35.5. The average Bonchev–Trinajstić information content (AvgIpc) is 2.79. The molecule has 0 heterocycles. The maximum Gasteiger partial charge on any atom is 0.329 e. The van der Waals surface area contributed by atoms with Gasteiger partial charge in [-0.1, -0.05) is 44.5 Å². The fourth-order valence-corrected chi connectivity index (χ4v) is 17.6. The molecule has 0 saturated heterocycles. The predicted octanol–water partition coefficient (Wildman–Crippen LogP) is 8.46. The van der Waals surface area contributed by atoms with E-state index in [-0.39, 0.29) is 5.92 Å². The van der Waals surface area contributed by atoms with Gasteiger partial charge in [0.2, 0.25) is 0 Å². The molecule has 9 heteroatoms. The van der Waals surface area contributed by atoms with E-state index in [0.29, 0.717) is 12.4 Å². The largest absolute Gasteiger partial charge is 0.494 e. The summed E-state index contributed by atoms with van der Waals surface area (Å²) in [5.41, 5.74) is 2.10. The summed E-state index contributed by atoms with van der Waals surface area (Å²) in [4.78, 5) is 12.2. The van der Waals surface area contributed by atoms with Crippen LogP contribution >= 0.6 is 11.6 Å². The lowest BCUT2D eigenvalue weighted by Crippen LogP contribution is -2.51. The summed E-state index contributed by atoms with van der Waals surface area (Å²) < 4.78 is 24.4. The molecular formula is C28H45ClO5Si3. The van der Waals surface area contributed by atoms with E-state index in [9.17, 15) is 4.79 Å². The maximum absolute atomic E-state index is 12.2. The van der Waals surface area contributed by atoms with Gasteiger partial charge < -0.3 is 17.7 Å². The first-order valence-electron chi connectivity index (χ1n) is 13.2. The molecule has 0 spiro atoms. The molecule has 2 atom stereocenters. The van der Waals surface area contributed by atoms with Crippen LogP contribution in [0.25, 0.3) is 11.1 Å². The fraction of sp³-hybridized carbons (Fsp3) is 0.536. The predicted molar refractivity (Wildman–Crippen MR) is 162 cm³/mol. The van der Waals surface area contributed by atoms with Crippen molar-refractivity contribution in [2.45, 2.75) is 83.9 Å². The quantitative estimate of drug-likeness (QED) is 0.0737. The van der Waals surface area contributed by atoms with Crippen molar-refractivity contribution >= 4 is 42.8 Å². The molecule has 2 unspecified atom stereocenters. The van der Waals surface area contributed by atoms with Crippen molar-refractivity contribution in [1.82, 2.24) is 0 Å². The van der Waals surface area contributed by atoms with Crippen molar-refractivity contribution in [3.63, 3.8) is 0 Å². The maximum atomic E-state index is 12.2. The number of hydrogen-bond acceptors (Lipinski definition) is 5. The molecule has 0 amide bonds. The molecule has 0 N–H and O–H groups in total. The third kappa shape index (κ3) is 11.5. The highest BCUT2D eigenvalue weighted by Crippen LogP contribution is 2.27. The molecule has 0 aromatic heterocycles. The molecule has 0 fully saturated rings. The molecule has 0 aliphatic carbocycles. The van der Waals surface area contributed by atoms with Crippen LogP contribution in [0.1, 0.15) is 26.7 Å². The summed E-state index contributed by atoms with van der Waals surface area (Å²) in [6.07, 6.45) is 1.78. The van der Waals surface area contributed by atoms with Crippen LogP contribution in [-0.4, -0.2) is 43.1 Å². The molecule has 0 bridgehead atoms. The van der Waals surface area contributed by atoms with Gasteiger partial charge in [-0.05, 0) is 99.6 Å². The summed E-state index contributed by atoms with van der Waals surface area (Å²) in [5, 5.41) is -0.643. The Hall–Kier alpha value is -1.43. The van der Waals surface area contributed by atoms with E-state index in [1.54, 1.807) is 12.1 Å². The number of hydrogen-bond donors (Lipinski definition) is 0. The van der Waals surface area contributed by atoms with Gasteiger partial charge in [-0.15, -0.1) is 11.6 Å². The minimum Gasteiger partial charge on any atom is -0.494 e. The third-order valence-corrected chi connectivity index (χ3v) is 16.7. The molecule has 0 radical (unpaired) electrons. The number of carbonyl (C=O) groups is 1. The molecule has 0 saturated carbocycles. The van der Waals surface area contributed by atoms with Crippen molar-refractivity contribution in [3.05, 3.63) is 48.5 Å². The second-order valence-electron chi connectivity index (χ2n) is 11.7. The topological polar surface area (TPSA) is 54.0 Å². The Balaban J connectivity index is 1.83. The van der Waals surface area contributed by atoms with E-state index in [2.05, 4.69) is 45.8 Å². The number of alkyl halides is 1. The molecule has 0 aliphatic rings. The normalized spacial score (nSPS) is 14.2. The Labute approximate surface area is 232 Å². The van der Waals surface area contributed by atoms with Gasteiger partial charge in [-0.25, -0.2) is 0 Å². The minimum atomic E-state index is -2.11. The van der Waals surface area contributed by atoms with E-state index >= 15 is 0 Å². The smallest absolute Gasteiger partial charge is 0.329 e. The molecule has 2 aromatic carbocycles. The van der Waals surface area contributed by atoms with Crippen LogP contribution in [0.3, 0.4) is 0 Å². The van der Waals surface area contributed by atoms with Gasteiger partial charge in [-0.2, -0.15) is 0 Å². The summed E-state index contributed by atoms with van der Waals surface area (Å²) >= 11 is 6.19. The first-order chi connectivity index (χ1) is 17.1. The van der Waals surface area contributed by atoms with Gasteiger partial charge in [0, 0.05) is 0 Å². The first kappa shape index (κ1) is 31.8. The van der Waals surface area contributed by atoms with Gasteiger partial charge in [0.1, 0.15) is 16.9 Å². The second kappa shape index (κ2) is 13.6. The summed E-state index contributed by atoms with van der Waals surface area (Å²) in [6, 6.07) is 16.6. The monoisotopic (exact) mass is 580 g/mol. The van der Waals surface area contributed by atoms with Crippen LogP contribution in [0.4, 0.5) is 0 Å². The van der Waals surface area contributed by atoms with E-state index in [0.717, 1.165) is 35.8 Å². The molecule has 5 nitrogen and oxygen atoms in total. The molecular weight excluding hydrogens is 536 g/mol. The highest BCUT2D eigenvalue weighted by Gasteiger charge is 2.37. The van der Waals surface area contributed by atoms with Crippen molar-refractivity contribution in [1.29, 1.82) is 0 Å². The van der Waals surface area contributed by atoms with Crippen molar-refractivity contribution in [3.8, 4) is 22.6 Å². The van der Waals surface area contributed by atoms with E-state index in [1.165, 1.54) is 0 Å². The Bertz CT molecular complexity index is 988. The SMILES string of the molecule is CCC(C)C(Cl)C(=O)Oc1ccc(-c2ccc(OCCC[Si](C)(C)O[Si](C)(C)O[Si](C)(C)C)cc2)cc1. The minimum absolute atomic E-state index is 0.0688.